The third kappa shape index (κ3) is 10.0. The maximum Gasteiger partial charge on any atom is 0.534 e. The average molecular weight is 573 g/mol. The molecular weight excluding hydrogens is 536 g/mol. The lowest BCUT2D eigenvalue weighted by molar-refractivity contribution is -0.386. The monoisotopic (exact) mass is 572 g/mol. The molecule has 13 nitrogen and oxygen atoms in total. The van der Waals surface area contributed by atoms with Crippen LogP contribution in [0.15, 0.2) is 12.1 Å². The lowest BCUT2D eigenvalue weighted by Gasteiger charge is -2.19. The van der Waals surface area contributed by atoms with E-state index in [1.165, 1.54) is 19.1 Å². The Kier molecular flexibility index (Phi) is 12.7. The summed E-state index contributed by atoms with van der Waals surface area (Å²) in [6.07, 6.45) is -1.49. The highest BCUT2D eigenvalue weighted by molar-refractivity contribution is 6.48. The molecule has 0 N–H and O–H groups in total. The van der Waals surface area contributed by atoms with Gasteiger partial charge in [0.15, 0.2) is 29.6 Å². The summed E-state index contributed by atoms with van der Waals surface area (Å²) in [7, 11) is -2.34. The number of hydrogen-bond acceptors (Lipinski definition) is 11. The topological polar surface area (TPSA) is 153 Å². The van der Waals surface area contributed by atoms with Crippen molar-refractivity contribution in [2.24, 2.45) is 0 Å². The number of benzene rings is 1. The highest BCUT2D eigenvalue weighted by Gasteiger charge is 2.34. The Morgan fingerprint density at radius 3 is 1.92 bits per heavy atom. The van der Waals surface area contributed by atoms with Crippen LogP contribution in [-0.2, 0) is 28.0 Å². The number of carbonyl (C=O) groups is 3. The van der Waals surface area contributed by atoms with Crippen LogP contribution in [-0.4, -0.2) is 72.5 Å². The van der Waals surface area contributed by atoms with Gasteiger partial charge in [0, 0.05) is 38.9 Å². The van der Waals surface area contributed by atoms with E-state index in [0.717, 1.165) is 0 Å². The lowest BCUT2D eigenvalue weighted by atomic mass is 10.1. The minimum Gasteiger partial charge on any atom is -0.490 e. The van der Waals surface area contributed by atoms with E-state index in [1.54, 1.807) is 0 Å². The number of hydroxylamine groups is 2. The van der Waals surface area contributed by atoms with E-state index in [2.05, 4.69) is 26.2 Å². The summed E-state index contributed by atoms with van der Waals surface area (Å²) < 4.78 is 28.1. The number of nitro benzene ring substituents is 1. The van der Waals surface area contributed by atoms with Gasteiger partial charge < -0.3 is 23.1 Å². The Morgan fingerprint density at radius 1 is 0.947 bits per heavy atom. The molecule has 1 aliphatic heterocycles. The zero-order valence-electron chi connectivity index (χ0n) is 22.4. The van der Waals surface area contributed by atoms with E-state index < -0.39 is 47.1 Å². The van der Waals surface area contributed by atoms with Crippen molar-refractivity contribution in [3.63, 3.8) is 0 Å². The van der Waals surface area contributed by atoms with E-state index in [0.29, 0.717) is 31.1 Å². The van der Waals surface area contributed by atoms with Crippen LogP contribution in [0.3, 0.4) is 0 Å². The second kappa shape index (κ2) is 15.4. The van der Waals surface area contributed by atoms with Crippen molar-refractivity contribution in [2.45, 2.75) is 64.9 Å². The van der Waals surface area contributed by atoms with Crippen LogP contribution in [0.5, 0.6) is 11.5 Å². The molecule has 212 valence electrons. The summed E-state index contributed by atoms with van der Waals surface area (Å²) in [6.45, 7) is 11.2. The van der Waals surface area contributed by atoms with Gasteiger partial charge in [0.1, 0.15) is 6.10 Å². The Morgan fingerprint density at radius 2 is 1.45 bits per heavy atom. The Labute approximate surface area is 224 Å². The van der Waals surface area contributed by atoms with Gasteiger partial charge in [-0.2, -0.15) is 0 Å². The highest BCUT2D eigenvalue weighted by Crippen LogP contribution is 2.39. The smallest absolute Gasteiger partial charge is 0.490 e. The summed E-state index contributed by atoms with van der Waals surface area (Å²) in [5.41, 5.74) is -0.339. The summed E-state index contributed by atoms with van der Waals surface area (Å²) in [6, 6.07) is 2.60. The van der Waals surface area contributed by atoms with E-state index in [4.69, 9.17) is 27.9 Å². The van der Waals surface area contributed by atoms with E-state index in [1.807, 2.05) is 0 Å². The van der Waals surface area contributed by atoms with Gasteiger partial charge in [-0.3, -0.25) is 24.5 Å². The van der Waals surface area contributed by atoms with Gasteiger partial charge in [0.25, 0.3) is 17.5 Å². The molecule has 1 saturated heterocycles. The molecule has 1 aromatic carbocycles. The highest BCUT2D eigenvalue weighted by atomic mass is 28.3. The summed E-state index contributed by atoms with van der Waals surface area (Å²) in [5, 5.41) is 12.2. The van der Waals surface area contributed by atoms with Crippen LogP contribution in [0.4, 0.5) is 10.5 Å². The van der Waals surface area contributed by atoms with Crippen LogP contribution in [0.2, 0.25) is 26.2 Å². The van der Waals surface area contributed by atoms with E-state index in [9.17, 15) is 24.5 Å². The minimum absolute atomic E-state index is 0.0216. The van der Waals surface area contributed by atoms with Crippen molar-refractivity contribution in [2.75, 3.05) is 26.4 Å². The maximum absolute atomic E-state index is 12.2. The van der Waals surface area contributed by atoms with Crippen molar-refractivity contribution >= 4 is 41.7 Å². The lowest BCUT2D eigenvalue weighted by Crippen LogP contribution is -2.32. The molecule has 1 atom stereocenters. The molecule has 1 aliphatic rings. The molecule has 15 heteroatoms. The largest absolute Gasteiger partial charge is 0.534 e. The Hall–Kier alpha value is -3.02. The van der Waals surface area contributed by atoms with Crippen molar-refractivity contribution in [1.29, 1.82) is 0 Å². The fraction of sp³-hybridized carbons (Fsp3) is 0.609. The first kappa shape index (κ1) is 31.2. The maximum atomic E-state index is 12.2. The number of nitrogens with zero attached hydrogens (tertiary/aromatic N) is 2. The first-order valence-corrected chi connectivity index (χ1v) is 18.1. The third-order valence-electron chi connectivity index (χ3n) is 5.17. The summed E-state index contributed by atoms with van der Waals surface area (Å²) in [5.74, 6) is -0.939. The van der Waals surface area contributed by atoms with Gasteiger partial charge in [-0.15, -0.1) is 0 Å². The van der Waals surface area contributed by atoms with Crippen LogP contribution >= 0.6 is 0 Å². The van der Waals surface area contributed by atoms with Crippen LogP contribution in [0.1, 0.15) is 44.3 Å². The molecule has 0 bridgehead atoms. The fourth-order valence-electron chi connectivity index (χ4n) is 3.36. The molecular formula is C23H36N2O11Si2. The van der Waals surface area contributed by atoms with Crippen molar-refractivity contribution in [3.05, 3.63) is 27.8 Å². The van der Waals surface area contributed by atoms with Gasteiger partial charge in [0.05, 0.1) is 29.8 Å². The van der Waals surface area contributed by atoms with Gasteiger partial charge in [-0.05, 0) is 39.2 Å². The van der Waals surface area contributed by atoms with Crippen LogP contribution in [0, 0.1) is 10.1 Å². The normalized spacial score (nSPS) is 14.2. The molecule has 2 rings (SSSR count). The number of carbonyl (C=O) groups excluding carboxylic acids is 3. The Balaban J connectivity index is 2.19. The number of imide groups is 1. The van der Waals surface area contributed by atoms with Crippen molar-refractivity contribution < 1.29 is 47.2 Å². The second-order valence-electron chi connectivity index (χ2n) is 9.04. The molecule has 1 heterocycles. The first-order valence-electron chi connectivity index (χ1n) is 12.5. The molecule has 2 amide bonds. The van der Waals surface area contributed by atoms with Gasteiger partial charge in [0.2, 0.25) is 0 Å². The van der Waals surface area contributed by atoms with Crippen molar-refractivity contribution in [1.82, 2.24) is 5.06 Å². The van der Waals surface area contributed by atoms with E-state index >= 15 is 0 Å². The molecule has 0 saturated carbocycles. The zero-order valence-corrected chi connectivity index (χ0v) is 24.7. The SMILES string of the molecule is CC(OC(=O)ON1C(=O)CCC1=O)c1cc(OCCCO[SiH](C)C)c(OCCCO[SiH](C)C)cc1[N+](=O)[O-]. The fourth-order valence-corrected chi connectivity index (χ4v) is 4.63. The minimum atomic E-state index is -1.35. The van der Waals surface area contributed by atoms with Crippen LogP contribution < -0.4 is 9.47 Å². The van der Waals surface area contributed by atoms with Gasteiger partial charge in [-0.1, -0.05) is 5.06 Å². The quantitative estimate of drug-likeness (QED) is 0.0715. The van der Waals surface area contributed by atoms with Crippen LogP contribution in [0.25, 0.3) is 0 Å². The molecule has 1 unspecified atom stereocenters. The molecule has 0 spiro atoms. The molecule has 0 aromatic heterocycles. The number of hydrogen-bond donors (Lipinski definition) is 0. The van der Waals surface area contributed by atoms with Gasteiger partial charge in [-0.25, -0.2) is 4.79 Å². The third-order valence-corrected chi connectivity index (χ3v) is 6.97. The summed E-state index contributed by atoms with van der Waals surface area (Å²) in [4.78, 5) is 51.5. The predicted molar refractivity (Wildman–Crippen MR) is 140 cm³/mol. The number of nitro groups is 1. The molecule has 1 aromatic rings. The second-order valence-corrected chi connectivity index (χ2v) is 13.9. The average Bonchev–Trinajstić information content (AvgIpc) is 3.15. The standard InChI is InChI=1S/C23H36N2O11Si2/c1-16(35-23(28)36-24-21(26)8-9-22(24)27)17-14-19(31-10-6-12-33-37(2)3)20(15-18(17)25(29)30)32-11-7-13-34-38(4)5/h14-16,37-38H,6-13H2,1-5H3. The number of ether oxygens (including phenoxy) is 3. The molecule has 1 fully saturated rings. The zero-order chi connectivity index (χ0) is 28.2. The Bertz CT molecular complexity index is 974. The summed E-state index contributed by atoms with van der Waals surface area (Å²) >= 11 is 0. The number of amides is 2. The molecule has 38 heavy (non-hydrogen) atoms. The van der Waals surface area contributed by atoms with Gasteiger partial charge >= 0.3 is 6.16 Å². The first-order chi connectivity index (χ1) is 18.0. The molecule has 0 radical (unpaired) electrons. The van der Waals surface area contributed by atoms with Crippen molar-refractivity contribution in [3.8, 4) is 11.5 Å². The predicted octanol–water partition coefficient (Wildman–Crippen LogP) is 3.41. The molecule has 0 aliphatic carbocycles. The van der Waals surface area contributed by atoms with E-state index in [-0.39, 0.29) is 48.8 Å². The number of rotatable bonds is 16.